The minimum absolute atomic E-state index is 0.722. The first-order valence-corrected chi connectivity index (χ1v) is 7.41. The molecule has 1 aliphatic heterocycles. The molecule has 0 radical (unpaired) electrons. The van der Waals surface area contributed by atoms with Gasteiger partial charge in [-0.1, -0.05) is 60.8 Å². The third kappa shape index (κ3) is 6.52. The molecule has 1 fully saturated rings. The van der Waals surface area contributed by atoms with Crippen LogP contribution in [0.15, 0.2) is 0 Å². The summed E-state index contributed by atoms with van der Waals surface area (Å²) in [4.78, 5) is 2.45. The van der Waals surface area contributed by atoms with E-state index < -0.39 is 0 Å². The number of unbranched alkanes of at least 4 members (excludes halogenated alkanes) is 1. The van der Waals surface area contributed by atoms with Crippen LogP contribution in [0.25, 0.3) is 0 Å². The van der Waals surface area contributed by atoms with E-state index in [9.17, 15) is 0 Å². The summed E-state index contributed by atoms with van der Waals surface area (Å²) in [5.41, 5.74) is 0.722. The van der Waals surface area contributed by atoms with Crippen molar-refractivity contribution < 1.29 is 0 Å². The zero-order valence-electron chi connectivity index (χ0n) is 12.9. The number of rotatable bonds is 5. The normalized spacial score (nSPS) is 17.4. The van der Waals surface area contributed by atoms with Gasteiger partial charge in [-0.15, -0.1) is 0 Å². The molecule has 0 atom stereocenters. The highest BCUT2D eigenvalue weighted by Gasteiger charge is 2.38. The minimum Gasteiger partial charge on any atom is -0.305 e. The van der Waals surface area contributed by atoms with E-state index in [0.29, 0.717) is 0 Å². The van der Waals surface area contributed by atoms with Gasteiger partial charge >= 0.3 is 0 Å². The number of hydrogen-bond donors (Lipinski definition) is 0. The van der Waals surface area contributed by atoms with E-state index in [1.54, 1.807) is 0 Å². The average Bonchev–Trinajstić information content (AvgIpc) is 2.30. The van der Waals surface area contributed by atoms with Gasteiger partial charge in [-0.2, -0.15) is 0 Å². The fraction of sp³-hybridized carbons (Fsp3) is 1.00. The molecule has 1 nitrogen and oxygen atoms in total. The highest BCUT2D eigenvalue weighted by atomic mass is 15.2. The first-order valence-electron chi connectivity index (χ1n) is 7.41. The van der Waals surface area contributed by atoms with Crippen molar-refractivity contribution in [2.24, 2.45) is 5.41 Å². The lowest BCUT2D eigenvalue weighted by molar-refractivity contribution is 0.00451. The molecular weight excluding hydrogens is 194 g/mol. The number of nitrogens with zero attached hydrogens (tertiary/aromatic N) is 1. The van der Waals surface area contributed by atoms with E-state index in [1.165, 1.54) is 45.2 Å². The Morgan fingerprint density at radius 3 is 1.69 bits per heavy atom. The Bertz CT molecular complexity index is 120. The average molecular weight is 229 g/mol. The van der Waals surface area contributed by atoms with Gasteiger partial charge in [-0.25, -0.2) is 0 Å². The highest BCUT2D eigenvalue weighted by Crippen LogP contribution is 2.38. The summed E-state index contributed by atoms with van der Waals surface area (Å²) in [6, 6.07) is 0. The maximum Gasteiger partial charge on any atom is 0.00474 e. The summed E-state index contributed by atoms with van der Waals surface area (Å²) in [6.07, 6.45) is 7.04. The number of likely N-dealkylation sites (tertiary alicyclic amines) is 1. The van der Waals surface area contributed by atoms with Gasteiger partial charge in [0, 0.05) is 13.1 Å². The predicted molar refractivity (Wildman–Crippen MR) is 77.1 cm³/mol. The van der Waals surface area contributed by atoms with Gasteiger partial charge in [0.25, 0.3) is 0 Å². The van der Waals surface area contributed by atoms with Gasteiger partial charge in [0.05, 0.1) is 0 Å². The zero-order chi connectivity index (χ0) is 13.0. The van der Waals surface area contributed by atoms with Gasteiger partial charge in [-0.05, 0) is 25.3 Å². The second-order valence-electron chi connectivity index (χ2n) is 4.53. The zero-order valence-corrected chi connectivity index (χ0v) is 12.9. The van der Waals surface area contributed by atoms with Crippen LogP contribution in [0, 0.1) is 5.41 Å². The largest absolute Gasteiger partial charge is 0.305 e. The molecule has 0 aromatic carbocycles. The van der Waals surface area contributed by atoms with Gasteiger partial charge in [0.15, 0.2) is 0 Å². The molecule has 0 aromatic heterocycles. The molecule has 0 saturated carbocycles. The topological polar surface area (TPSA) is 3.24 Å². The monoisotopic (exact) mass is 229 g/mol. The van der Waals surface area contributed by atoms with Crippen molar-refractivity contribution in [2.45, 2.75) is 73.6 Å². The van der Waals surface area contributed by atoms with Crippen LogP contribution in [0.4, 0.5) is 0 Å². The maximum atomic E-state index is 2.45. The lowest BCUT2D eigenvalue weighted by atomic mass is 9.73. The van der Waals surface area contributed by atoms with Crippen LogP contribution in [0.5, 0.6) is 0 Å². The van der Waals surface area contributed by atoms with Gasteiger partial charge in [0.2, 0.25) is 0 Å². The Morgan fingerprint density at radius 1 is 0.875 bits per heavy atom. The summed E-state index contributed by atoms with van der Waals surface area (Å²) in [7, 11) is 2.24. The van der Waals surface area contributed by atoms with Crippen LogP contribution >= 0.6 is 0 Å². The number of hydrogen-bond acceptors (Lipinski definition) is 1. The summed E-state index contributed by atoms with van der Waals surface area (Å²) in [6.45, 7) is 15.3. The Kier molecular flexibility index (Phi) is 13.1. The first kappa shape index (κ1) is 18.3. The predicted octanol–water partition coefficient (Wildman–Crippen LogP) is 4.96. The van der Waals surface area contributed by atoms with Crippen molar-refractivity contribution in [2.75, 3.05) is 20.1 Å². The molecule has 0 spiro atoms. The molecule has 0 aliphatic carbocycles. The van der Waals surface area contributed by atoms with Crippen molar-refractivity contribution >= 4 is 0 Å². The minimum atomic E-state index is 0.722. The molecule has 16 heavy (non-hydrogen) atoms. The fourth-order valence-electron chi connectivity index (χ4n) is 2.62. The third-order valence-electron chi connectivity index (χ3n) is 3.05. The molecule has 0 N–H and O–H groups in total. The van der Waals surface area contributed by atoms with Crippen molar-refractivity contribution in [1.82, 2.24) is 4.90 Å². The molecule has 1 heteroatoms. The second kappa shape index (κ2) is 11.4. The molecule has 1 saturated heterocycles. The Hall–Kier alpha value is -0.0400. The molecule has 1 heterocycles. The Morgan fingerprint density at radius 2 is 1.38 bits per heavy atom. The molecule has 0 bridgehead atoms. The van der Waals surface area contributed by atoms with Crippen LogP contribution < -0.4 is 0 Å². The molecule has 100 valence electrons. The molecule has 0 unspecified atom stereocenters. The van der Waals surface area contributed by atoms with Crippen molar-refractivity contribution in [3.05, 3.63) is 0 Å². The summed E-state index contributed by atoms with van der Waals surface area (Å²) in [5, 5.41) is 0. The quantitative estimate of drug-likeness (QED) is 0.644. The van der Waals surface area contributed by atoms with Crippen molar-refractivity contribution in [1.29, 1.82) is 0 Å². The summed E-state index contributed by atoms with van der Waals surface area (Å²) < 4.78 is 0. The molecule has 1 aliphatic rings. The van der Waals surface area contributed by atoms with Crippen molar-refractivity contribution in [3.63, 3.8) is 0 Å². The van der Waals surface area contributed by atoms with E-state index in [-0.39, 0.29) is 0 Å². The van der Waals surface area contributed by atoms with Gasteiger partial charge < -0.3 is 4.90 Å². The molecular formula is C15H35N. The van der Waals surface area contributed by atoms with E-state index in [4.69, 9.17) is 0 Å². The highest BCUT2D eigenvalue weighted by molar-refractivity contribution is 4.92. The third-order valence-corrected chi connectivity index (χ3v) is 3.05. The van der Waals surface area contributed by atoms with Gasteiger partial charge in [-0.3, -0.25) is 0 Å². The van der Waals surface area contributed by atoms with Crippen LogP contribution in [0.1, 0.15) is 73.6 Å². The summed E-state index contributed by atoms with van der Waals surface area (Å²) >= 11 is 0. The van der Waals surface area contributed by atoms with E-state index >= 15 is 0 Å². The fourth-order valence-corrected chi connectivity index (χ4v) is 2.62. The molecule has 0 aromatic rings. The van der Waals surface area contributed by atoms with E-state index in [1.807, 2.05) is 27.7 Å². The van der Waals surface area contributed by atoms with Gasteiger partial charge in [0.1, 0.15) is 0 Å². The Balaban J connectivity index is 0. The SMILES string of the molecule is CC.CC.CCCCC1(CCC)CN(C)C1. The summed E-state index contributed by atoms with van der Waals surface area (Å²) in [5.74, 6) is 0. The van der Waals surface area contributed by atoms with Crippen LogP contribution in [-0.2, 0) is 0 Å². The smallest absolute Gasteiger partial charge is 0.00474 e. The Labute approximate surface area is 105 Å². The first-order chi connectivity index (χ1) is 7.72. The lowest BCUT2D eigenvalue weighted by Gasteiger charge is -2.49. The van der Waals surface area contributed by atoms with E-state index in [2.05, 4.69) is 25.8 Å². The second-order valence-corrected chi connectivity index (χ2v) is 4.53. The standard InChI is InChI=1S/C11H23N.2C2H6/c1-4-6-8-11(7-5-2)9-12(3)10-11;2*1-2/h4-10H2,1-3H3;2*1-2H3. The molecule has 0 amide bonds. The van der Waals surface area contributed by atoms with E-state index in [0.717, 1.165) is 5.41 Å². The van der Waals surface area contributed by atoms with Crippen molar-refractivity contribution in [3.8, 4) is 0 Å². The van der Waals surface area contributed by atoms with Crippen LogP contribution in [0.2, 0.25) is 0 Å². The van der Waals surface area contributed by atoms with Crippen LogP contribution in [0.3, 0.4) is 0 Å². The molecule has 1 rings (SSSR count). The van der Waals surface area contributed by atoms with Crippen LogP contribution in [-0.4, -0.2) is 25.0 Å². The maximum absolute atomic E-state index is 2.45. The lowest BCUT2D eigenvalue weighted by Crippen LogP contribution is -2.54.